The molecular formula is C21H20F4N4O. The zero-order chi connectivity index (χ0) is 21.9. The number of aryl methyl sites for hydroxylation is 3. The number of hydrogen-bond acceptors (Lipinski definition) is 3. The molecular weight excluding hydrogens is 400 g/mol. The normalized spacial score (nSPS) is 12.8. The Kier molecular flexibility index (Phi) is 6.19. The average Bonchev–Trinajstić information content (AvgIpc) is 3.29. The number of benzene rings is 1. The fourth-order valence-corrected chi connectivity index (χ4v) is 3.16. The minimum absolute atomic E-state index is 0.229. The van der Waals surface area contributed by atoms with E-state index < -0.39 is 23.6 Å². The molecule has 0 radical (unpaired) electrons. The van der Waals surface area contributed by atoms with E-state index in [9.17, 15) is 22.4 Å². The van der Waals surface area contributed by atoms with E-state index >= 15 is 0 Å². The van der Waals surface area contributed by atoms with Gasteiger partial charge in [-0.1, -0.05) is 6.92 Å². The minimum Gasteiger partial charge on any atom is -0.366 e. The van der Waals surface area contributed by atoms with Crippen molar-refractivity contribution in [1.82, 2.24) is 14.8 Å². The SMILES string of the molecule is CCc1cc(F)cc(C(N)=O)c1.FC(F)(F)c1cc(-n2cc3c(n2)CCC3)ccn1. The molecule has 0 unspecified atom stereocenters. The summed E-state index contributed by atoms with van der Waals surface area (Å²) in [7, 11) is 0. The lowest BCUT2D eigenvalue weighted by Crippen LogP contribution is -2.11. The molecule has 0 saturated heterocycles. The van der Waals surface area contributed by atoms with Crippen molar-refractivity contribution in [2.75, 3.05) is 0 Å². The van der Waals surface area contributed by atoms with Gasteiger partial charge < -0.3 is 5.73 Å². The van der Waals surface area contributed by atoms with Crippen molar-refractivity contribution in [3.8, 4) is 5.69 Å². The van der Waals surface area contributed by atoms with E-state index in [1.165, 1.54) is 16.8 Å². The molecule has 1 aliphatic rings. The number of halogens is 4. The number of pyridine rings is 1. The lowest BCUT2D eigenvalue weighted by Gasteiger charge is -2.07. The monoisotopic (exact) mass is 420 g/mol. The van der Waals surface area contributed by atoms with Crippen LogP contribution in [0.15, 0.2) is 42.7 Å². The topological polar surface area (TPSA) is 73.8 Å². The predicted octanol–water partition coefficient (Wildman–Crippen LogP) is 4.26. The Hall–Kier alpha value is -3.23. The van der Waals surface area contributed by atoms with Crippen molar-refractivity contribution in [2.45, 2.75) is 38.8 Å². The molecule has 9 heteroatoms. The third-order valence-electron chi connectivity index (χ3n) is 4.69. The summed E-state index contributed by atoms with van der Waals surface area (Å²) in [5, 5.41) is 4.31. The molecule has 2 heterocycles. The van der Waals surface area contributed by atoms with Crippen molar-refractivity contribution >= 4 is 5.91 Å². The Labute approximate surface area is 170 Å². The highest BCUT2D eigenvalue weighted by Gasteiger charge is 2.32. The summed E-state index contributed by atoms with van der Waals surface area (Å²) in [6.45, 7) is 1.89. The van der Waals surface area contributed by atoms with Crippen LogP contribution in [0.3, 0.4) is 0 Å². The molecule has 4 rings (SSSR count). The number of nitrogens with zero attached hydrogens (tertiary/aromatic N) is 3. The molecule has 0 aliphatic heterocycles. The summed E-state index contributed by atoms with van der Waals surface area (Å²) < 4.78 is 51.9. The molecule has 1 aromatic carbocycles. The van der Waals surface area contributed by atoms with Crippen LogP contribution in [0.4, 0.5) is 17.6 Å². The Morgan fingerprint density at radius 1 is 1.20 bits per heavy atom. The summed E-state index contributed by atoms with van der Waals surface area (Å²) >= 11 is 0. The largest absolute Gasteiger partial charge is 0.433 e. The zero-order valence-electron chi connectivity index (χ0n) is 16.2. The van der Waals surface area contributed by atoms with E-state index in [1.54, 1.807) is 12.3 Å². The van der Waals surface area contributed by atoms with Crippen LogP contribution < -0.4 is 5.73 Å². The number of rotatable bonds is 3. The van der Waals surface area contributed by atoms with Gasteiger partial charge in [-0.3, -0.25) is 9.78 Å². The molecule has 0 bridgehead atoms. The van der Waals surface area contributed by atoms with Crippen LogP contribution in [-0.4, -0.2) is 20.7 Å². The van der Waals surface area contributed by atoms with E-state index in [0.29, 0.717) is 12.1 Å². The van der Waals surface area contributed by atoms with E-state index in [0.717, 1.165) is 54.4 Å². The molecule has 1 aliphatic carbocycles. The van der Waals surface area contributed by atoms with Gasteiger partial charge in [0.05, 0.1) is 11.4 Å². The van der Waals surface area contributed by atoms with Crippen LogP contribution in [0.1, 0.15) is 46.2 Å². The molecule has 2 N–H and O–H groups in total. The summed E-state index contributed by atoms with van der Waals surface area (Å²) in [5.41, 5.74) is 7.62. The van der Waals surface area contributed by atoms with Crippen LogP contribution in [0, 0.1) is 5.82 Å². The van der Waals surface area contributed by atoms with Crippen molar-refractivity contribution in [1.29, 1.82) is 0 Å². The fourth-order valence-electron chi connectivity index (χ4n) is 3.16. The summed E-state index contributed by atoms with van der Waals surface area (Å²) in [5.74, 6) is -1.01. The molecule has 2 aromatic heterocycles. The van der Waals surface area contributed by atoms with Crippen molar-refractivity contribution in [3.05, 3.63) is 76.6 Å². The second-order valence-electron chi connectivity index (χ2n) is 6.86. The number of fused-ring (bicyclic) bond motifs is 1. The number of amides is 1. The molecule has 0 saturated carbocycles. The van der Waals surface area contributed by atoms with Gasteiger partial charge in [0.1, 0.15) is 11.5 Å². The van der Waals surface area contributed by atoms with Gasteiger partial charge in [0.15, 0.2) is 0 Å². The Balaban J connectivity index is 0.000000187. The van der Waals surface area contributed by atoms with Gasteiger partial charge in [0.2, 0.25) is 5.91 Å². The van der Waals surface area contributed by atoms with Crippen molar-refractivity contribution in [2.24, 2.45) is 5.73 Å². The van der Waals surface area contributed by atoms with Gasteiger partial charge in [-0.15, -0.1) is 0 Å². The van der Waals surface area contributed by atoms with Gasteiger partial charge in [0.25, 0.3) is 0 Å². The van der Waals surface area contributed by atoms with Gasteiger partial charge in [-0.2, -0.15) is 18.3 Å². The highest BCUT2D eigenvalue weighted by molar-refractivity contribution is 5.92. The molecule has 5 nitrogen and oxygen atoms in total. The van der Waals surface area contributed by atoms with E-state index in [2.05, 4.69) is 10.1 Å². The molecule has 0 spiro atoms. The number of alkyl halides is 3. The van der Waals surface area contributed by atoms with Crippen LogP contribution in [0.5, 0.6) is 0 Å². The number of carbonyl (C=O) groups is 1. The maximum atomic E-state index is 12.8. The molecule has 1 amide bonds. The lowest BCUT2D eigenvalue weighted by molar-refractivity contribution is -0.141. The minimum atomic E-state index is -4.42. The third kappa shape index (κ3) is 5.03. The molecule has 158 valence electrons. The quantitative estimate of drug-likeness (QED) is 0.644. The lowest BCUT2D eigenvalue weighted by atomic mass is 10.1. The van der Waals surface area contributed by atoms with Gasteiger partial charge in [-0.05, 0) is 67.1 Å². The first-order valence-corrected chi connectivity index (χ1v) is 9.37. The van der Waals surface area contributed by atoms with Crippen molar-refractivity contribution < 1.29 is 22.4 Å². The van der Waals surface area contributed by atoms with E-state index in [-0.39, 0.29) is 5.56 Å². The van der Waals surface area contributed by atoms with Crippen LogP contribution in [0.25, 0.3) is 5.69 Å². The first-order valence-electron chi connectivity index (χ1n) is 9.37. The summed E-state index contributed by atoms with van der Waals surface area (Å²) in [4.78, 5) is 14.0. The average molecular weight is 420 g/mol. The van der Waals surface area contributed by atoms with Gasteiger partial charge >= 0.3 is 6.18 Å². The number of carbonyl (C=O) groups excluding carboxylic acids is 1. The molecule has 30 heavy (non-hydrogen) atoms. The number of hydrogen-bond donors (Lipinski definition) is 1. The Morgan fingerprint density at radius 2 is 1.97 bits per heavy atom. The van der Waals surface area contributed by atoms with E-state index in [4.69, 9.17) is 5.73 Å². The number of aromatic nitrogens is 3. The second kappa shape index (κ2) is 8.64. The smallest absolute Gasteiger partial charge is 0.366 e. The van der Waals surface area contributed by atoms with E-state index in [1.807, 2.05) is 6.92 Å². The highest BCUT2D eigenvalue weighted by atomic mass is 19.4. The standard InChI is InChI=1S/C12H10F3N3.C9H10FNO/c13-12(14,15)11-6-9(4-5-16-11)18-7-8-2-1-3-10(8)17-18;1-2-6-3-7(9(11)12)5-8(10)4-6/h4-7H,1-3H2;3-5H,2H2,1H3,(H2,11,12). The first kappa shape index (κ1) is 21.5. The predicted molar refractivity (Wildman–Crippen MR) is 103 cm³/mol. The molecule has 0 fully saturated rings. The highest BCUT2D eigenvalue weighted by Crippen LogP contribution is 2.29. The van der Waals surface area contributed by atoms with Gasteiger partial charge in [0, 0.05) is 18.0 Å². The maximum Gasteiger partial charge on any atom is 0.433 e. The molecule has 0 atom stereocenters. The second-order valence-corrected chi connectivity index (χ2v) is 6.86. The van der Waals surface area contributed by atoms with Crippen LogP contribution in [-0.2, 0) is 25.4 Å². The fraction of sp³-hybridized carbons (Fsp3) is 0.286. The summed E-state index contributed by atoms with van der Waals surface area (Å²) in [6, 6.07) is 6.68. The van der Waals surface area contributed by atoms with Crippen molar-refractivity contribution in [3.63, 3.8) is 0 Å². The summed E-state index contributed by atoms with van der Waals surface area (Å²) in [6.07, 6.45) is 2.15. The third-order valence-corrected chi connectivity index (χ3v) is 4.69. The van der Waals surface area contributed by atoms with Crippen LogP contribution in [0.2, 0.25) is 0 Å². The van der Waals surface area contributed by atoms with Gasteiger partial charge in [-0.25, -0.2) is 9.07 Å². The Morgan fingerprint density at radius 3 is 2.60 bits per heavy atom. The zero-order valence-corrected chi connectivity index (χ0v) is 16.2. The van der Waals surface area contributed by atoms with Crippen LogP contribution >= 0.6 is 0 Å². The molecule has 3 aromatic rings. The first-order chi connectivity index (χ1) is 14.2. The Bertz CT molecular complexity index is 1040. The number of nitrogens with two attached hydrogens (primary N) is 1. The number of primary amides is 1. The maximum absolute atomic E-state index is 12.8.